The molecule has 6 nitrogen and oxygen atoms in total. The molecule has 7 heteroatoms. The van der Waals surface area contributed by atoms with Crippen molar-refractivity contribution < 1.29 is 27.4 Å². The number of rotatable bonds is 4. The molecule has 0 atom stereocenters. The minimum absolute atomic E-state index is 0.247. The van der Waals surface area contributed by atoms with E-state index in [-0.39, 0.29) is 4.90 Å². The van der Waals surface area contributed by atoms with Gasteiger partial charge in [-0.05, 0) is 60.2 Å². The van der Waals surface area contributed by atoms with Gasteiger partial charge in [-0.25, -0.2) is 8.42 Å². The van der Waals surface area contributed by atoms with Gasteiger partial charge in [0.2, 0.25) is 11.2 Å². The number of hydrogen-bond acceptors (Lipinski definition) is 5. The van der Waals surface area contributed by atoms with Gasteiger partial charge in [0.1, 0.15) is 28.7 Å². The molecule has 0 radical (unpaired) electrons. The Labute approximate surface area is 187 Å². The number of methoxy groups -OCH3 is 1. The summed E-state index contributed by atoms with van der Waals surface area (Å²) in [6, 6.07) is 25.0. The Balaban J connectivity index is 0.000000207. The summed E-state index contributed by atoms with van der Waals surface area (Å²) in [7, 11) is -0.806. The van der Waals surface area contributed by atoms with Crippen LogP contribution in [0.1, 0.15) is 11.3 Å². The monoisotopic (exact) mass is 449 g/mol. The number of aromatic nitrogens is 1. The molecule has 1 aromatic heterocycles. The third-order valence-electron chi connectivity index (χ3n) is 4.81. The van der Waals surface area contributed by atoms with E-state index in [2.05, 4.69) is 48.0 Å². The van der Waals surface area contributed by atoms with Crippen LogP contribution in [0.4, 0.5) is 0 Å². The fourth-order valence-corrected chi connectivity index (χ4v) is 3.51. The van der Waals surface area contributed by atoms with Crippen molar-refractivity contribution in [2.45, 2.75) is 4.90 Å². The van der Waals surface area contributed by atoms with E-state index in [9.17, 15) is 18.1 Å². The summed E-state index contributed by atoms with van der Waals surface area (Å²) in [5, 5.41) is 10.5. The highest BCUT2D eigenvalue weighted by molar-refractivity contribution is 7.85. The van der Waals surface area contributed by atoms with Gasteiger partial charge in [0.15, 0.2) is 0 Å². The van der Waals surface area contributed by atoms with Crippen molar-refractivity contribution in [2.24, 2.45) is 7.05 Å². The summed E-state index contributed by atoms with van der Waals surface area (Å²) >= 11 is 0. The number of benzene rings is 3. The second-order valence-corrected chi connectivity index (χ2v) is 8.31. The molecule has 0 bridgehead atoms. The van der Waals surface area contributed by atoms with E-state index in [1.807, 2.05) is 24.3 Å². The molecule has 0 aliphatic heterocycles. The number of pyridine rings is 1. The first-order valence-electron chi connectivity index (χ1n) is 9.73. The van der Waals surface area contributed by atoms with Crippen molar-refractivity contribution in [3.63, 3.8) is 0 Å². The van der Waals surface area contributed by atoms with Gasteiger partial charge in [0, 0.05) is 23.6 Å². The SMILES string of the molecule is COc1ccc(S(=O)(=O)[O-])cc1.C[n+]1c(/C=C/c2ccc(O)cc2)ccc2ccccc21. The molecule has 32 heavy (non-hydrogen) atoms. The van der Waals surface area contributed by atoms with Gasteiger partial charge in [-0.2, -0.15) is 4.57 Å². The number of para-hydroxylation sites is 1. The van der Waals surface area contributed by atoms with Crippen LogP contribution in [-0.2, 0) is 17.2 Å². The number of phenols is 1. The molecule has 0 saturated carbocycles. The van der Waals surface area contributed by atoms with Crippen LogP contribution >= 0.6 is 0 Å². The van der Waals surface area contributed by atoms with E-state index >= 15 is 0 Å². The Morgan fingerprint density at radius 1 is 0.875 bits per heavy atom. The van der Waals surface area contributed by atoms with Gasteiger partial charge >= 0.3 is 0 Å². The van der Waals surface area contributed by atoms with Crippen LogP contribution in [0.15, 0.2) is 89.8 Å². The molecular formula is C25H23NO5S. The molecule has 3 aromatic carbocycles. The first-order chi connectivity index (χ1) is 15.3. The predicted octanol–water partition coefficient (Wildman–Crippen LogP) is 4.14. The van der Waals surface area contributed by atoms with E-state index in [1.165, 1.54) is 42.3 Å². The summed E-state index contributed by atoms with van der Waals surface area (Å²) in [6.07, 6.45) is 4.13. The smallest absolute Gasteiger partial charge is 0.212 e. The van der Waals surface area contributed by atoms with Crippen molar-refractivity contribution in [1.82, 2.24) is 0 Å². The van der Waals surface area contributed by atoms with Crippen LogP contribution in [0.25, 0.3) is 23.1 Å². The number of nitrogens with zero attached hydrogens (tertiary/aromatic N) is 1. The van der Waals surface area contributed by atoms with E-state index in [4.69, 9.17) is 4.74 Å². The fraction of sp³-hybridized carbons (Fsp3) is 0.0800. The van der Waals surface area contributed by atoms with Gasteiger partial charge < -0.3 is 14.4 Å². The van der Waals surface area contributed by atoms with Crippen LogP contribution in [0, 0.1) is 0 Å². The third-order valence-corrected chi connectivity index (χ3v) is 5.66. The molecule has 0 unspecified atom stereocenters. The number of hydrogen-bond donors (Lipinski definition) is 1. The first-order valence-corrected chi connectivity index (χ1v) is 11.1. The van der Waals surface area contributed by atoms with Crippen LogP contribution < -0.4 is 9.30 Å². The Bertz CT molecular complexity index is 1330. The van der Waals surface area contributed by atoms with Crippen molar-refractivity contribution in [3.8, 4) is 11.5 Å². The zero-order chi connectivity index (χ0) is 23.1. The molecule has 0 aliphatic carbocycles. The van der Waals surface area contributed by atoms with E-state index < -0.39 is 10.1 Å². The van der Waals surface area contributed by atoms with Gasteiger partial charge in [-0.3, -0.25) is 0 Å². The van der Waals surface area contributed by atoms with E-state index in [1.54, 1.807) is 12.1 Å². The molecule has 1 heterocycles. The minimum Gasteiger partial charge on any atom is -0.744 e. The average Bonchev–Trinajstić information content (AvgIpc) is 2.80. The molecule has 0 amide bonds. The van der Waals surface area contributed by atoms with Gasteiger partial charge in [0.25, 0.3) is 0 Å². The fourth-order valence-electron chi connectivity index (χ4n) is 3.04. The van der Waals surface area contributed by atoms with Crippen LogP contribution in [0.5, 0.6) is 11.5 Å². The molecule has 0 spiro atoms. The highest BCUT2D eigenvalue weighted by Crippen LogP contribution is 2.15. The third kappa shape index (κ3) is 5.94. The zero-order valence-corrected chi connectivity index (χ0v) is 18.5. The maximum Gasteiger partial charge on any atom is 0.212 e. The van der Waals surface area contributed by atoms with Gasteiger partial charge in [0.05, 0.1) is 12.0 Å². The average molecular weight is 450 g/mol. The Morgan fingerprint density at radius 3 is 2.16 bits per heavy atom. The first kappa shape index (κ1) is 23.0. The molecule has 0 fully saturated rings. The Morgan fingerprint density at radius 2 is 1.53 bits per heavy atom. The second kappa shape index (κ2) is 10.1. The molecule has 164 valence electrons. The standard InChI is InChI=1S/C18H15NO.C7H8O4S/c1-19-16(10-6-14-7-12-17(20)13-8-14)11-9-15-4-2-3-5-18(15)19;1-11-6-2-4-7(5-3-6)12(8,9)10/h2-13H,1H3;2-5H,1H3,(H,8,9,10). The molecule has 4 rings (SSSR count). The van der Waals surface area contributed by atoms with E-state index in [0.717, 1.165) is 11.3 Å². The topological polar surface area (TPSA) is 90.5 Å². The van der Waals surface area contributed by atoms with Gasteiger partial charge in [-0.1, -0.05) is 24.3 Å². The summed E-state index contributed by atoms with van der Waals surface area (Å²) in [4.78, 5) is -0.247. The predicted molar refractivity (Wildman–Crippen MR) is 123 cm³/mol. The Kier molecular flexibility index (Phi) is 7.25. The Hall–Kier alpha value is -3.68. The number of fused-ring (bicyclic) bond motifs is 1. The molecule has 4 aromatic rings. The largest absolute Gasteiger partial charge is 0.744 e. The lowest BCUT2D eigenvalue weighted by molar-refractivity contribution is -0.646. The van der Waals surface area contributed by atoms with Crippen molar-refractivity contribution in [3.05, 3.63) is 96.2 Å². The van der Waals surface area contributed by atoms with Crippen LogP contribution in [-0.4, -0.2) is 25.2 Å². The van der Waals surface area contributed by atoms with Crippen molar-refractivity contribution in [1.29, 1.82) is 0 Å². The highest BCUT2D eigenvalue weighted by Gasteiger charge is 2.07. The zero-order valence-electron chi connectivity index (χ0n) is 17.7. The highest BCUT2D eigenvalue weighted by atomic mass is 32.2. The van der Waals surface area contributed by atoms with Crippen LogP contribution in [0.3, 0.4) is 0 Å². The molecule has 0 aliphatic rings. The lowest BCUT2D eigenvalue weighted by Gasteiger charge is -2.06. The number of phenolic OH excluding ortho intramolecular Hbond substituents is 1. The number of aryl methyl sites for hydroxylation is 1. The maximum atomic E-state index is 10.4. The van der Waals surface area contributed by atoms with Crippen molar-refractivity contribution in [2.75, 3.05) is 7.11 Å². The summed E-state index contributed by atoms with van der Waals surface area (Å²) in [5.74, 6) is 0.806. The summed E-state index contributed by atoms with van der Waals surface area (Å²) < 4.78 is 38.3. The lowest BCUT2D eigenvalue weighted by atomic mass is 10.1. The summed E-state index contributed by atoms with van der Waals surface area (Å²) in [6.45, 7) is 0. The molecular weight excluding hydrogens is 426 g/mol. The number of ether oxygens (including phenoxy) is 1. The lowest BCUT2D eigenvalue weighted by Crippen LogP contribution is -2.32. The quantitative estimate of drug-likeness (QED) is 0.374. The van der Waals surface area contributed by atoms with Gasteiger partial charge in [-0.15, -0.1) is 0 Å². The number of aromatic hydroxyl groups is 1. The second-order valence-electron chi connectivity index (χ2n) is 6.93. The molecule has 0 saturated heterocycles. The maximum absolute atomic E-state index is 10.4. The van der Waals surface area contributed by atoms with Crippen molar-refractivity contribution >= 4 is 33.2 Å². The minimum atomic E-state index is -4.33. The van der Waals surface area contributed by atoms with E-state index in [0.29, 0.717) is 11.5 Å². The molecule has 1 N–H and O–H groups in total. The summed E-state index contributed by atoms with van der Waals surface area (Å²) in [5.41, 5.74) is 3.41. The van der Waals surface area contributed by atoms with Crippen LogP contribution in [0.2, 0.25) is 0 Å². The normalized spacial score (nSPS) is 11.2.